The van der Waals surface area contributed by atoms with E-state index in [2.05, 4.69) is 5.32 Å². The van der Waals surface area contributed by atoms with Crippen LogP contribution in [0.3, 0.4) is 0 Å². The van der Waals surface area contributed by atoms with Crippen LogP contribution >= 0.6 is 0 Å². The zero-order valence-corrected chi connectivity index (χ0v) is 11.7. The first-order valence-electron chi connectivity index (χ1n) is 7.07. The fourth-order valence-electron chi connectivity index (χ4n) is 3.44. The molecule has 3 rings (SSSR count). The second-order valence-electron chi connectivity index (χ2n) is 5.75. The first-order chi connectivity index (χ1) is 10.5. The number of carboxylic acid groups (broad SMARTS) is 1. The van der Waals surface area contributed by atoms with E-state index in [-0.39, 0.29) is 17.7 Å². The van der Waals surface area contributed by atoms with Crippen LogP contribution in [0.1, 0.15) is 16.8 Å². The summed E-state index contributed by atoms with van der Waals surface area (Å²) >= 11 is 0. The van der Waals surface area contributed by atoms with Crippen LogP contribution in [-0.4, -0.2) is 17.8 Å². The molecule has 0 spiro atoms. The quantitative estimate of drug-likeness (QED) is 0.757. The van der Waals surface area contributed by atoms with Gasteiger partial charge in [-0.3, -0.25) is 9.59 Å². The first-order valence-corrected chi connectivity index (χ1v) is 7.07. The second kappa shape index (κ2) is 5.29. The molecular weight excluding hydrogens is 284 g/mol. The van der Waals surface area contributed by atoms with Gasteiger partial charge in [0.05, 0.1) is 5.92 Å². The van der Waals surface area contributed by atoms with Crippen molar-refractivity contribution >= 4 is 23.5 Å². The lowest BCUT2D eigenvalue weighted by atomic mass is 9.82. The Bertz CT molecular complexity index is 665. The summed E-state index contributed by atoms with van der Waals surface area (Å²) in [6, 6.07) is 6.15. The highest BCUT2D eigenvalue weighted by Crippen LogP contribution is 2.48. The Morgan fingerprint density at radius 3 is 2.18 bits per heavy atom. The van der Waals surface area contributed by atoms with E-state index in [0.29, 0.717) is 17.7 Å². The molecule has 2 bridgehead atoms. The Labute approximate surface area is 127 Å². The van der Waals surface area contributed by atoms with Crippen LogP contribution in [0.5, 0.6) is 0 Å². The normalized spacial score (nSPS) is 28.5. The number of hydrogen-bond acceptors (Lipinski definition) is 4. The largest absolute Gasteiger partial charge is 0.550 e. The number of carbonyl (C=O) groups is 3. The molecule has 0 aromatic heterocycles. The monoisotopic (exact) mass is 299 g/mol. The van der Waals surface area contributed by atoms with E-state index in [9.17, 15) is 19.5 Å². The average molecular weight is 299 g/mol. The number of hydrogen-bond donors (Lipinski definition) is 2. The number of rotatable bonds is 4. The Morgan fingerprint density at radius 1 is 1.05 bits per heavy atom. The predicted octanol–water partition coefficient (Wildman–Crippen LogP) is -0.0878. The van der Waals surface area contributed by atoms with Gasteiger partial charge in [0.25, 0.3) is 0 Å². The maximum Gasteiger partial charge on any atom is 0.248 e. The summed E-state index contributed by atoms with van der Waals surface area (Å²) in [5, 5.41) is 14.0. The summed E-state index contributed by atoms with van der Waals surface area (Å²) in [4.78, 5) is 34.7. The van der Waals surface area contributed by atoms with Gasteiger partial charge in [0, 0.05) is 23.1 Å². The van der Waals surface area contributed by atoms with E-state index >= 15 is 0 Å². The van der Waals surface area contributed by atoms with Gasteiger partial charge in [-0.2, -0.15) is 0 Å². The maximum atomic E-state index is 12.4. The number of fused-ring (bicyclic) bond motifs is 2. The minimum absolute atomic E-state index is 0.0576. The highest BCUT2D eigenvalue weighted by atomic mass is 16.4. The fraction of sp³-hybridized carbons (Fsp3) is 0.312. The summed E-state index contributed by atoms with van der Waals surface area (Å²) < 4.78 is 0. The molecule has 22 heavy (non-hydrogen) atoms. The van der Waals surface area contributed by atoms with Gasteiger partial charge in [-0.05, 0) is 42.5 Å². The third kappa shape index (κ3) is 2.36. The van der Waals surface area contributed by atoms with E-state index in [4.69, 9.17) is 5.73 Å². The molecule has 0 aliphatic heterocycles. The number of nitrogens with two attached hydrogens (primary N) is 1. The van der Waals surface area contributed by atoms with Crippen molar-refractivity contribution in [3.05, 3.63) is 42.0 Å². The lowest BCUT2D eigenvalue weighted by molar-refractivity contribution is -0.313. The molecule has 0 radical (unpaired) electrons. The summed E-state index contributed by atoms with van der Waals surface area (Å²) in [5.74, 6) is -3.64. The summed E-state index contributed by atoms with van der Waals surface area (Å²) in [7, 11) is 0. The molecule has 4 atom stereocenters. The Kier molecular flexibility index (Phi) is 3.44. The Hall–Kier alpha value is -2.63. The number of aliphatic carboxylic acids is 1. The lowest BCUT2D eigenvalue weighted by Gasteiger charge is -2.27. The molecular formula is C16H15N2O4-. The van der Waals surface area contributed by atoms with Gasteiger partial charge in [0.15, 0.2) is 0 Å². The summed E-state index contributed by atoms with van der Waals surface area (Å²) in [5.41, 5.74) is 5.99. The SMILES string of the molecule is NC(=O)c1ccc(NC(=O)[C@H]2[C@@H](C(=O)[O-])[C@H]3C=C[C@@H]2C3)cc1. The molecule has 2 aliphatic carbocycles. The van der Waals surface area contributed by atoms with Crippen molar-refractivity contribution in [3.8, 4) is 0 Å². The highest BCUT2D eigenvalue weighted by Gasteiger charge is 2.48. The van der Waals surface area contributed by atoms with Gasteiger partial charge in [-0.25, -0.2) is 0 Å². The Morgan fingerprint density at radius 2 is 1.64 bits per heavy atom. The molecule has 1 saturated carbocycles. The van der Waals surface area contributed by atoms with Gasteiger partial charge in [0.1, 0.15) is 0 Å². The molecule has 114 valence electrons. The van der Waals surface area contributed by atoms with Crippen molar-refractivity contribution in [1.29, 1.82) is 0 Å². The smallest absolute Gasteiger partial charge is 0.248 e. The molecule has 1 fully saturated rings. The highest BCUT2D eigenvalue weighted by molar-refractivity contribution is 5.97. The van der Waals surface area contributed by atoms with Crippen LogP contribution in [0.25, 0.3) is 0 Å². The topological polar surface area (TPSA) is 112 Å². The fourth-order valence-corrected chi connectivity index (χ4v) is 3.44. The van der Waals surface area contributed by atoms with Crippen molar-refractivity contribution < 1.29 is 19.5 Å². The number of allylic oxidation sites excluding steroid dienone is 2. The molecule has 1 aromatic carbocycles. The van der Waals surface area contributed by atoms with Crippen molar-refractivity contribution in [2.45, 2.75) is 6.42 Å². The third-order valence-electron chi connectivity index (χ3n) is 4.47. The van der Waals surface area contributed by atoms with Crippen LogP contribution in [0, 0.1) is 23.7 Å². The van der Waals surface area contributed by atoms with E-state index in [1.165, 1.54) is 12.1 Å². The number of amides is 2. The number of benzene rings is 1. The predicted molar refractivity (Wildman–Crippen MR) is 76.3 cm³/mol. The number of nitrogens with one attached hydrogen (secondary N) is 1. The molecule has 2 amide bonds. The average Bonchev–Trinajstić information content (AvgIpc) is 3.08. The van der Waals surface area contributed by atoms with Crippen LogP contribution in [0.4, 0.5) is 5.69 Å². The lowest BCUT2D eigenvalue weighted by Crippen LogP contribution is -2.42. The number of primary amides is 1. The van der Waals surface area contributed by atoms with Crippen molar-refractivity contribution in [2.75, 3.05) is 5.32 Å². The van der Waals surface area contributed by atoms with Crippen LogP contribution < -0.4 is 16.2 Å². The molecule has 2 aliphatic rings. The zero-order chi connectivity index (χ0) is 15.9. The molecule has 0 heterocycles. The van der Waals surface area contributed by atoms with Crippen LogP contribution in [0.15, 0.2) is 36.4 Å². The van der Waals surface area contributed by atoms with Gasteiger partial charge in [-0.1, -0.05) is 12.2 Å². The molecule has 0 unspecified atom stereocenters. The molecule has 1 aromatic rings. The van der Waals surface area contributed by atoms with Gasteiger partial charge in [-0.15, -0.1) is 0 Å². The third-order valence-corrected chi connectivity index (χ3v) is 4.47. The van der Waals surface area contributed by atoms with Crippen LogP contribution in [0.2, 0.25) is 0 Å². The van der Waals surface area contributed by atoms with Crippen molar-refractivity contribution in [2.24, 2.45) is 29.4 Å². The second-order valence-corrected chi connectivity index (χ2v) is 5.75. The van der Waals surface area contributed by atoms with Gasteiger partial charge < -0.3 is 21.0 Å². The number of anilines is 1. The Balaban J connectivity index is 1.75. The minimum Gasteiger partial charge on any atom is -0.550 e. The van der Waals surface area contributed by atoms with E-state index in [1.807, 2.05) is 12.2 Å². The summed E-state index contributed by atoms with van der Waals surface area (Å²) in [6.45, 7) is 0. The molecule has 6 nitrogen and oxygen atoms in total. The van der Waals surface area contributed by atoms with E-state index in [1.54, 1.807) is 12.1 Å². The van der Waals surface area contributed by atoms with E-state index < -0.39 is 23.7 Å². The number of carboxylic acids is 1. The van der Waals surface area contributed by atoms with Gasteiger partial charge in [0.2, 0.25) is 11.8 Å². The van der Waals surface area contributed by atoms with Crippen LogP contribution in [-0.2, 0) is 9.59 Å². The molecule has 6 heteroatoms. The first kappa shape index (κ1) is 14.3. The molecule has 3 N–H and O–H groups in total. The number of carbonyl (C=O) groups excluding carboxylic acids is 3. The zero-order valence-electron chi connectivity index (χ0n) is 11.7. The van der Waals surface area contributed by atoms with E-state index in [0.717, 1.165) is 0 Å². The standard InChI is InChI=1S/C16H16N2O4/c17-14(19)8-3-5-11(6-4-8)18-15(20)12-9-1-2-10(7-9)13(12)16(21)22/h1-6,9-10,12-13H,7H2,(H2,17,19)(H,18,20)(H,21,22)/p-1/t9-,10+,12-,13+/m1/s1. The minimum atomic E-state index is -1.18. The van der Waals surface area contributed by atoms with Crippen molar-refractivity contribution in [1.82, 2.24) is 0 Å². The molecule has 0 saturated heterocycles. The van der Waals surface area contributed by atoms with Gasteiger partial charge >= 0.3 is 0 Å². The van der Waals surface area contributed by atoms with Crippen molar-refractivity contribution in [3.63, 3.8) is 0 Å². The summed E-state index contributed by atoms with van der Waals surface area (Å²) in [6.07, 6.45) is 4.44. The maximum absolute atomic E-state index is 12.4.